The van der Waals surface area contributed by atoms with Gasteiger partial charge < -0.3 is 10.4 Å². The summed E-state index contributed by atoms with van der Waals surface area (Å²) < 4.78 is 0. The normalized spacial score (nSPS) is 14.9. The van der Waals surface area contributed by atoms with Gasteiger partial charge in [-0.3, -0.25) is 4.79 Å². The van der Waals surface area contributed by atoms with Gasteiger partial charge in [0.1, 0.15) is 0 Å². The van der Waals surface area contributed by atoms with Crippen molar-refractivity contribution in [1.29, 1.82) is 0 Å². The predicted molar refractivity (Wildman–Crippen MR) is 69.3 cm³/mol. The van der Waals surface area contributed by atoms with Crippen LogP contribution in [0.25, 0.3) is 6.08 Å². The topological polar surface area (TPSA) is 66.4 Å². The summed E-state index contributed by atoms with van der Waals surface area (Å²) in [6.45, 7) is 1.82. The Balaban J connectivity index is 2.44. The highest BCUT2D eigenvalue weighted by Crippen LogP contribution is 2.27. The Morgan fingerprint density at radius 3 is 2.89 bits per heavy atom. The molecule has 0 aromatic heterocycles. The van der Waals surface area contributed by atoms with Crippen molar-refractivity contribution in [2.45, 2.75) is 26.2 Å². The number of carbonyl (C=O) groups is 2. The lowest BCUT2D eigenvalue weighted by Crippen LogP contribution is -2.19. The van der Waals surface area contributed by atoms with Gasteiger partial charge in [0, 0.05) is 17.7 Å². The smallest absolute Gasteiger partial charge is 0.331 e. The first-order chi connectivity index (χ1) is 8.61. The minimum Gasteiger partial charge on any atom is -0.478 e. The van der Waals surface area contributed by atoms with Crippen LogP contribution in [0, 0.1) is 0 Å². The Kier molecular flexibility index (Phi) is 3.46. The number of benzene rings is 1. The van der Waals surface area contributed by atoms with Crippen molar-refractivity contribution < 1.29 is 14.7 Å². The molecule has 4 heteroatoms. The zero-order chi connectivity index (χ0) is 13.1. The molecule has 0 atom stereocenters. The standard InChI is InChI=1S/C14H15NO3/c1-2-9(14(17)18)8-10-4-3-5-12-11(10)6-7-13(16)15-12/h3-5,8H,2,6-7H2,1H3,(H,15,16)(H,17,18). The van der Waals surface area contributed by atoms with E-state index in [1.54, 1.807) is 6.08 Å². The van der Waals surface area contributed by atoms with E-state index in [9.17, 15) is 9.59 Å². The van der Waals surface area contributed by atoms with Crippen LogP contribution < -0.4 is 5.32 Å². The molecule has 94 valence electrons. The summed E-state index contributed by atoms with van der Waals surface area (Å²) >= 11 is 0. The fourth-order valence-corrected chi connectivity index (χ4v) is 2.09. The van der Waals surface area contributed by atoms with Gasteiger partial charge >= 0.3 is 5.97 Å². The van der Waals surface area contributed by atoms with Gasteiger partial charge in [-0.2, -0.15) is 0 Å². The zero-order valence-corrected chi connectivity index (χ0v) is 10.2. The largest absolute Gasteiger partial charge is 0.478 e. The van der Waals surface area contributed by atoms with Crippen LogP contribution in [0.3, 0.4) is 0 Å². The van der Waals surface area contributed by atoms with Crippen LogP contribution in [0.2, 0.25) is 0 Å². The van der Waals surface area contributed by atoms with Crippen LogP contribution in [0.1, 0.15) is 30.9 Å². The van der Waals surface area contributed by atoms with Gasteiger partial charge in [0.05, 0.1) is 0 Å². The lowest BCUT2D eigenvalue weighted by Gasteiger charge is -2.18. The van der Waals surface area contributed by atoms with Crippen LogP contribution >= 0.6 is 0 Å². The second-order valence-electron chi connectivity index (χ2n) is 4.25. The van der Waals surface area contributed by atoms with E-state index in [1.165, 1.54) is 0 Å². The number of hydrogen-bond donors (Lipinski definition) is 2. The van der Waals surface area contributed by atoms with E-state index in [1.807, 2.05) is 25.1 Å². The summed E-state index contributed by atoms with van der Waals surface area (Å²) in [7, 11) is 0. The first-order valence-corrected chi connectivity index (χ1v) is 5.97. The number of fused-ring (bicyclic) bond motifs is 1. The van der Waals surface area contributed by atoms with Gasteiger partial charge in [-0.05, 0) is 36.1 Å². The Morgan fingerprint density at radius 2 is 2.22 bits per heavy atom. The molecule has 1 heterocycles. The Hall–Kier alpha value is -2.10. The van der Waals surface area contributed by atoms with E-state index in [2.05, 4.69) is 5.32 Å². The number of anilines is 1. The van der Waals surface area contributed by atoms with E-state index in [4.69, 9.17) is 5.11 Å². The summed E-state index contributed by atoms with van der Waals surface area (Å²) in [4.78, 5) is 22.3. The number of carbonyl (C=O) groups excluding carboxylic acids is 1. The van der Waals surface area contributed by atoms with E-state index in [-0.39, 0.29) is 5.91 Å². The van der Waals surface area contributed by atoms with Crippen LogP contribution in [0.15, 0.2) is 23.8 Å². The number of hydrogen-bond acceptors (Lipinski definition) is 2. The second-order valence-corrected chi connectivity index (χ2v) is 4.25. The molecule has 1 aromatic rings. The first kappa shape index (κ1) is 12.4. The molecule has 0 spiro atoms. The summed E-state index contributed by atoms with van der Waals surface area (Å²) in [6.07, 6.45) is 3.28. The van der Waals surface area contributed by atoms with Crippen LogP contribution in [-0.2, 0) is 16.0 Å². The molecule has 1 amide bonds. The minimum absolute atomic E-state index is 0.0116. The van der Waals surface area contributed by atoms with Gasteiger partial charge in [-0.25, -0.2) is 4.79 Å². The van der Waals surface area contributed by atoms with Gasteiger partial charge in [-0.15, -0.1) is 0 Å². The monoisotopic (exact) mass is 245 g/mol. The van der Waals surface area contributed by atoms with E-state index < -0.39 is 5.97 Å². The number of nitrogens with one attached hydrogen (secondary N) is 1. The number of rotatable bonds is 3. The highest BCUT2D eigenvalue weighted by atomic mass is 16.4. The third-order valence-corrected chi connectivity index (χ3v) is 3.07. The molecule has 18 heavy (non-hydrogen) atoms. The minimum atomic E-state index is -0.894. The molecule has 0 saturated heterocycles. The predicted octanol–water partition coefficient (Wildman–Crippen LogP) is 2.45. The molecule has 0 saturated carbocycles. The SMILES string of the molecule is CCC(=Cc1cccc2c1CCC(=O)N2)C(=O)O. The van der Waals surface area contributed by atoms with Crippen LogP contribution in [-0.4, -0.2) is 17.0 Å². The maximum Gasteiger partial charge on any atom is 0.331 e. The fourth-order valence-electron chi connectivity index (χ4n) is 2.09. The number of amides is 1. The molecule has 1 aromatic carbocycles. The summed E-state index contributed by atoms with van der Waals surface area (Å²) in [5.41, 5.74) is 3.07. The number of carboxylic acid groups (broad SMARTS) is 1. The number of aliphatic carboxylic acids is 1. The van der Waals surface area contributed by atoms with E-state index >= 15 is 0 Å². The van der Waals surface area contributed by atoms with Crippen molar-refractivity contribution in [3.63, 3.8) is 0 Å². The second kappa shape index (κ2) is 5.04. The molecule has 0 bridgehead atoms. The van der Waals surface area contributed by atoms with Crippen molar-refractivity contribution in [2.75, 3.05) is 5.32 Å². The lowest BCUT2D eigenvalue weighted by atomic mass is 9.95. The third-order valence-electron chi connectivity index (χ3n) is 3.07. The molecular weight excluding hydrogens is 230 g/mol. The summed E-state index contributed by atoms with van der Waals surface area (Å²) in [5.74, 6) is -0.882. The molecule has 1 aliphatic rings. The third kappa shape index (κ3) is 2.42. The average Bonchev–Trinajstić information content (AvgIpc) is 2.35. The molecular formula is C14H15NO3. The Morgan fingerprint density at radius 1 is 1.44 bits per heavy atom. The molecule has 4 nitrogen and oxygen atoms in total. The summed E-state index contributed by atoms with van der Waals surface area (Å²) in [5, 5.41) is 11.8. The molecule has 0 fully saturated rings. The van der Waals surface area contributed by atoms with Gasteiger partial charge in [0.25, 0.3) is 0 Å². The van der Waals surface area contributed by atoms with Crippen LogP contribution in [0.5, 0.6) is 0 Å². The van der Waals surface area contributed by atoms with Crippen molar-refractivity contribution in [3.8, 4) is 0 Å². The van der Waals surface area contributed by atoms with Gasteiger partial charge in [0.15, 0.2) is 0 Å². The molecule has 0 radical (unpaired) electrons. The zero-order valence-electron chi connectivity index (χ0n) is 10.2. The Labute approximate surface area is 105 Å². The number of carboxylic acids is 1. The molecule has 1 aliphatic heterocycles. The lowest BCUT2D eigenvalue weighted by molar-refractivity contribution is -0.132. The van der Waals surface area contributed by atoms with E-state index in [0.717, 1.165) is 16.8 Å². The maximum absolute atomic E-state index is 11.3. The quantitative estimate of drug-likeness (QED) is 0.804. The summed E-state index contributed by atoms with van der Waals surface area (Å²) in [6, 6.07) is 5.55. The van der Waals surface area contributed by atoms with Crippen molar-refractivity contribution >= 4 is 23.6 Å². The van der Waals surface area contributed by atoms with Gasteiger partial charge in [-0.1, -0.05) is 19.1 Å². The fraction of sp³-hybridized carbons (Fsp3) is 0.286. The Bertz CT molecular complexity index is 532. The molecule has 2 N–H and O–H groups in total. The highest BCUT2D eigenvalue weighted by molar-refractivity contribution is 5.96. The van der Waals surface area contributed by atoms with Crippen molar-refractivity contribution in [2.24, 2.45) is 0 Å². The van der Waals surface area contributed by atoms with E-state index in [0.29, 0.717) is 24.8 Å². The van der Waals surface area contributed by atoms with Crippen molar-refractivity contribution in [1.82, 2.24) is 0 Å². The maximum atomic E-state index is 11.3. The highest BCUT2D eigenvalue weighted by Gasteiger charge is 2.17. The van der Waals surface area contributed by atoms with Gasteiger partial charge in [0.2, 0.25) is 5.91 Å². The first-order valence-electron chi connectivity index (χ1n) is 5.97. The molecule has 0 unspecified atom stereocenters. The molecule has 2 rings (SSSR count). The van der Waals surface area contributed by atoms with Crippen LogP contribution in [0.4, 0.5) is 5.69 Å². The van der Waals surface area contributed by atoms with Crippen molar-refractivity contribution in [3.05, 3.63) is 34.9 Å². The average molecular weight is 245 g/mol. The molecule has 0 aliphatic carbocycles.